The van der Waals surface area contributed by atoms with Crippen LogP contribution in [0.5, 0.6) is 0 Å². The molecular formula is C9H9N3O. The third-order valence-corrected chi connectivity index (χ3v) is 1.79. The number of anilines is 2. The topological polar surface area (TPSA) is 56.6 Å². The van der Waals surface area contributed by atoms with E-state index in [1.54, 1.807) is 30.7 Å². The van der Waals surface area contributed by atoms with Crippen molar-refractivity contribution in [2.45, 2.75) is 0 Å². The normalized spacial score (nSPS) is 13.0. The summed E-state index contributed by atoms with van der Waals surface area (Å²) in [4.78, 5) is 4.01. The van der Waals surface area contributed by atoms with Crippen LogP contribution in [0.4, 0.5) is 11.4 Å². The van der Waals surface area contributed by atoms with E-state index in [0.29, 0.717) is 5.69 Å². The number of nitrogens with zero attached hydrogens (tertiary/aromatic N) is 1. The second kappa shape index (κ2) is 3.28. The van der Waals surface area contributed by atoms with Gasteiger partial charge >= 0.3 is 0 Å². The quantitative estimate of drug-likeness (QED) is 0.570. The van der Waals surface area contributed by atoms with Gasteiger partial charge in [0.25, 0.3) is 0 Å². The maximum absolute atomic E-state index is 8.68. The standard InChI is InChI=1S/C9H9N3O/c13-12-8-1-2-9-7(5-8)6-10-3-4-11-9/h1-6,11-13H. The van der Waals surface area contributed by atoms with E-state index in [4.69, 9.17) is 5.21 Å². The molecule has 2 rings (SSSR count). The number of hydrogen-bond acceptors (Lipinski definition) is 4. The summed E-state index contributed by atoms with van der Waals surface area (Å²) in [6, 6.07) is 5.45. The Labute approximate surface area is 75.6 Å². The number of nitrogens with one attached hydrogen (secondary N) is 2. The molecule has 1 aliphatic rings. The van der Waals surface area contributed by atoms with E-state index in [1.807, 2.05) is 6.07 Å². The highest BCUT2D eigenvalue weighted by atomic mass is 16.5. The SMILES string of the molecule is ONc1ccc2c(c1)C=NC=CN2. The summed E-state index contributed by atoms with van der Waals surface area (Å²) in [5.41, 5.74) is 4.64. The van der Waals surface area contributed by atoms with Crippen LogP contribution in [0.25, 0.3) is 0 Å². The van der Waals surface area contributed by atoms with Gasteiger partial charge in [-0.15, -0.1) is 0 Å². The Morgan fingerprint density at radius 3 is 3.15 bits per heavy atom. The van der Waals surface area contributed by atoms with Crippen molar-refractivity contribution in [3.05, 3.63) is 36.2 Å². The van der Waals surface area contributed by atoms with Crippen LogP contribution in [0, 0.1) is 0 Å². The van der Waals surface area contributed by atoms with E-state index in [-0.39, 0.29) is 0 Å². The maximum atomic E-state index is 8.68. The van der Waals surface area contributed by atoms with Crippen LogP contribution in [0.2, 0.25) is 0 Å². The minimum atomic E-state index is 0.647. The molecule has 0 unspecified atom stereocenters. The lowest BCUT2D eigenvalue weighted by Crippen LogP contribution is -1.95. The van der Waals surface area contributed by atoms with Crippen molar-refractivity contribution in [3.63, 3.8) is 0 Å². The van der Waals surface area contributed by atoms with E-state index >= 15 is 0 Å². The van der Waals surface area contributed by atoms with Crippen molar-refractivity contribution in [3.8, 4) is 0 Å². The summed E-state index contributed by atoms with van der Waals surface area (Å²) in [6.45, 7) is 0. The molecule has 0 saturated heterocycles. The van der Waals surface area contributed by atoms with Crippen molar-refractivity contribution in [2.24, 2.45) is 4.99 Å². The van der Waals surface area contributed by atoms with Gasteiger partial charge in [0.05, 0.1) is 5.69 Å². The van der Waals surface area contributed by atoms with Crippen molar-refractivity contribution < 1.29 is 5.21 Å². The van der Waals surface area contributed by atoms with E-state index in [2.05, 4.69) is 15.8 Å². The summed E-state index contributed by atoms with van der Waals surface area (Å²) in [5, 5.41) is 11.7. The van der Waals surface area contributed by atoms with E-state index < -0.39 is 0 Å². The Balaban J connectivity index is 2.45. The molecule has 0 aromatic heterocycles. The molecule has 0 amide bonds. The molecule has 1 heterocycles. The predicted molar refractivity (Wildman–Crippen MR) is 52.2 cm³/mol. The van der Waals surface area contributed by atoms with Gasteiger partial charge in [-0.05, 0) is 18.2 Å². The minimum Gasteiger partial charge on any atom is -0.360 e. The van der Waals surface area contributed by atoms with E-state index in [9.17, 15) is 0 Å². The molecular weight excluding hydrogens is 166 g/mol. The van der Waals surface area contributed by atoms with Crippen molar-refractivity contribution in [1.29, 1.82) is 0 Å². The first-order valence-corrected chi connectivity index (χ1v) is 3.89. The molecule has 0 bridgehead atoms. The summed E-state index contributed by atoms with van der Waals surface area (Å²) in [5.74, 6) is 0. The molecule has 13 heavy (non-hydrogen) atoms. The minimum absolute atomic E-state index is 0.647. The molecule has 4 heteroatoms. The third-order valence-electron chi connectivity index (χ3n) is 1.79. The lowest BCUT2D eigenvalue weighted by Gasteiger charge is -2.05. The molecule has 1 aromatic carbocycles. The average Bonchev–Trinajstić information content (AvgIpc) is 2.41. The van der Waals surface area contributed by atoms with Gasteiger partial charge in [0, 0.05) is 29.9 Å². The highest BCUT2D eigenvalue weighted by molar-refractivity contribution is 5.90. The van der Waals surface area contributed by atoms with E-state index in [1.165, 1.54) is 0 Å². The molecule has 3 N–H and O–H groups in total. The zero-order valence-corrected chi connectivity index (χ0v) is 6.86. The van der Waals surface area contributed by atoms with Gasteiger partial charge in [-0.1, -0.05) is 0 Å². The third kappa shape index (κ3) is 1.52. The highest BCUT2D eigenvalue weighted by Crippen LogP contribution is 2.19. The molecule has 0 fully saturated rings. The molecule has 66 valence electrons. The van der Waals surface area contributed by atoms with Crippen LogP contribution < -0.4 is 10.8 Å². The van der Waals surface area contributed by atoms with Crippen LogP contribution in [-0.2, 0) is 0 Å². The second-order valence-corrected chi connectivity index (χ2v) is 2.65. The Kier molecular flexibility index (Phi) is 1.97. The number of hydrogen-bond donors (Lipinski definition) is 3. The Hall–Kier alpha value is -1.81. The van der Waals surface area contributed by atoms with Crippen LogP contribution in [0.15, 0.2) is 35.6 Å². The van der Waals surface area contributed by atoms with Gasteiger partial charge in [0.1, 0.15) is 0 Å². The first-order valence-electron chi connectivity index (χ1n) is 3.89. The molecule has 0 radical (unpaired) electrons. The van der Waals surface area contributed by atoms with Crippen LogP contribution in [0.1, 0.15) is 5.56 Å². The number of benzene rings is 1. The average molecular weight is 175 g/mol. The molecule has 0 atom stereocenters. The smallest absolute Gasteiger partial charge is 0.0610 e. The van der Waals surface area contributed by atoms with Crippen LogP contribution in [0.3, 0.4) is 0 Å². The number of fused-ring (bicyclic) bond motifs is 1. The van der Waals surface area contributed by atoms with Crippen LogP contribution >= 0.6 is 0 Å². The summed E-state index contributed by atoms with van der Waals surface area (Å²) in [7, 11) is 0. The second-order valence-electron chi connectivity index (χ2n) is 2.65. The Morgan fingerprint density at radius 2 is 2.31 bits per heavy atom. The number of aliphatic imine (C=N–C) groups is 1. The van der Waals surface area contributed by atoms with Crippen molar-refractivity contribution in [2.75, 3.05) is 10.8 Å². The van der Waals surface area contributed by atoms with Crippen molar-refractivity contribution in [1.82, 2.24) is 0 Å². The summed E-state index contributed by atoms with van der Waals surface area (Å²) in [6.07, 6.45) is 5.16. The summed E-state index contributed by atoms with van der Waals surface area (Å²) >= 11 is 0. The Bertz CT molecular complexity index is 371. The predicted octanol–water partition coefficient (Wildman–Crippen LogP) is 1.80. The lowest BCUT2D eigenvalue weighted by atomic mass is 10.2. The molecule has 1 aromatic rings. The monoisotopic (exact) mass is 175 g/mol. The first-order chi connectivity index (χ1) is 6.40. The van der Waals surface area contributed by atoms with Gasteiger partial charge in [0.2, 0.25) is 0 Å². The van der Waals surface area contributed by atoms with Crippen LogP contribution in [-0.4, -0.2) is 11.4 Å². The van der Waals surface area contributed by atoms with Gasteiger partial charge in [-0.3, -0.25) is 15.7 Å². The summed E-state index contributed by atoms with van der Waals surface area (Å²) < 4.78 is 0. The molecule has 0 spiro atoms. The molecule has 0 aliphatic carbocycles. The molecule has 0 saturated carbocycles. The van der Waals surface area contributed by atoms with Crippen molar-refractivity contribution >= 4 is 17.6 Å². The first kappa shape index (κ1) is 7.82. The van der Waals surface area contributed by atoms with Gasteiger partial charge < -0.3 is 5.32 Å². The molecule has 1 aliphatic heterocycles. The zero-order valence-electron chi connectivity index (χ0n) is 6.86. The Morgan fingerprint density at radius 1 is 1.38 bits per heavy atom. The fraction of sp³-hybridized carbons (Fsp3) is 0. The number of rotatable bonds is 1. The maximum Gasteiger partial charge on any atom is 0.0610 e. The van der Waals surface area contributed by atoms with Gasteiger partial charge in [-0.2, -0.15) is 0 Å². The fourth-order valence-corrected chi connectivity index (χ4v) is 1.16. The van der Waals surface area contributed by atoms with E-state index in [0.717, 1.165) is 11.3 Å². The van der Waals surface area contributed by atoms with Gasteiger partial charge in [0.15, 0.2) is 0 Å². The molecule has 4 nitrogen and oxygen atoms in total. The largest absolute Gasteiger partial charge is 0.360 e. The lowest BCUT2D eigenvalue weighted by molar-refractivity contribution is 0.389. The van der Waals surface area contributed by atoms with Gasteiger partial charge in [-0.25, -0.2) is 0 Å². The highest BCUT2D eigenvalue weighted by Gasteiger charge is 2.01. The zero-order chi connectivity index (χ0) is 9.10. The fourth-order valence-electron chi connectivity index (χ4n) is 1.16.